The van der Waals surface area contributed by atoms with Gasteiger partial charge in [-0.2, -0.15) is 10.2 Å². The number of anilines is 4. The maximum absolute atomic E-state index is 15.1. The molecule has 0 spiro atoms. The molecule has 19 nitrogen and oxygen atoms in total. The van der Waals surface area contributed by atoms with Crippen LogP contribution in [0.15, 0.2) is 122 Å². The predicted octanol–water partition coefficient (Wildman–Crippen LogP) is 14.9. The van der Waals surface area contributed by atoms with E-state index in [4.69, 9.17) is 44.8 Å². The van der Waals surface area contributed by atoms with Crippen molar-refractivity contribution in [1.82, 2.24) is 34.8 Å². The van der Waals surface area contributed by atoms with Crippen LogP contribution in [-0.2, 0) is 59.6 Å². The average molecular weight is 1480 g/mol. The zero-order valence-electron chi connectivity index (χ0n) is 62.6. The van der Waals surface area contributed by atoms with Crippen LogP contribution in [0.2, 0.25) is 51.4 Å². The molecule has 0 radical (unpaired) electrons. The quantitative estimate of drug-likeness (QED) is 0.0327. The number of nitrogens with one attached hydrogen (secondary N) is 3. The number of fused-ring (bicyclic) bond motifs is 6. The molecule has 7 aliphatic rings. The average Bonchev–Trinajstić information content (AvgIpc) is 1.78. The minimum Gasteiger partial charge on any atom is -0.374 e. The van der Waals surface area contributed by atoms with Crippen LogP contribution in [-0.4, -0.2) is 145 Å². The van der Waals surface area contributed by atoms with Crippen molar-refractivity contribution < 1.29 is 37.7 Å². The summed E-state index contributed by atoms with van der Waals surface area (Å²) in [5.41, 5.74) is 23.3. The number of nitrogens with zero attached hydrogens (tertiary/aromatic N) is 8. The van der Waals surface area contributed by atoms with Crippen molar-refractivity contribution in [3.05, 3.63) is 167 Å². The Bertz CT molecular complexity index is 4460. The van der Waals surface area contributed by atoms with E-state index in [0.717, 1.165) is 192 Å². The van der Waals surface area contributed by atoms with Gasteiger partial charge >= 0.3 is 0 Å². The molecule has 15 rings (SSSR count). The summed E-state index contributed by atoms with van der Waals surface area (Å²) in [6.45, 7) is 27.8. The third kappa shape index (κ3) is 17.1. The maximum Gasteiger partial charge on any atom is 0.258 e. The molecule has 3 aliphatic carbocycles. The van der Waals surface area contributed by atoms with E-state index < -0.39 is 39.8 Å². The smallest absolute Gasteiger partial charge is 0.258 e. The van der Waals surface area contributed by atoms with Crippen molar-refractivity contribution in [3.8, 4) is 44.5 Å². The first-order valence-corrected chi connectivity index (χ1v) is 45.1. The van der Waals surface area contributed by atoms with Gasteiger partial charge in [0, 0.05) is 101 Å². The van der Waals surface area contributed by atoms with E-state index in [9.17, 15) is 14.4 Å². The van der Waals surface area contributed by atoms with Gasteiger partial charge < -0.3 is 50.4 Å². The highest BCUT2D eigenvalue weighted by atomic mass is 35.5. The fourth-order valence-corrected chi connectivity index (χ4v) is 17.7. The number of halogens is 2. The van der Waals surface area contributed by atoms with Gasteiger partial charge in [0.25, 0.3) is 5.91 Å². The van der Waals surface area contributed by atoms with Crippen molar-refractivity contribution in [1.29, 1.82) is 0 Å². The number of carbonyl (C=O) groups is 3. The molecule has 556 valence electrons. The number of alkyl halides is 1. The second kappa shape index (κ2) is 31.5. The highest BCUT2D eigenvalue weighted by molar-refractivity contribution is 6.76. The molecule has 4 aromatic carbocycles. The Hall–Kier alpha value is -7.94. The third-order valence-corrected chi connectivity index (χ3v) is 25.8. The lowest BCUT2D eigenvalue weighted by Crippen LogP contribution is -2.51. The number of benzene rings is 4. The molecule has 4 bridgehead atoms. The van der Waals surface area contributed by atoms with Crippen LogP contribution >= 0.6 is 12.4 Å². The lowest BCUT2D eigenvalue weighted by molar-refractivity contribution is -0.131. The van der Waals surface area contributed by atoms with Gasteiger partial charge in [0.2, 0.25) is 11.8 Å². The zero-order valence-corrected chi connectivity index (χ0v) is 65.4. The number of hydrogen-bond acceptors (Lipinski definition) is 14. The molecule has 0 unspecified atom stereocenters. The minimum atomic E-state index is -1.91. The van der Waals surface area contributed by atoms with Gasteiger partial charge in [-0.15, -0.1) is 12.4 Å². The Balaban J connectivity index is 0.000000186. The summed E-state index contributed by atoms with van der Waals surface area (Å²) >= 11 is 0. The number of pyridine rings is 2. The van der Waals surface area contributed by atoms with Crippen LogP contribution < -0.4 is 31.5 Å². The number of nitrogens with two attached hydrogens (primary N) is 1. The van der Waals surface area contributed by atoms with Crippen molar-refractivity contribution in [2.45, 2.75) is 211 Å². The molecule has 1 saturated carbocycles. The van der Waals surface area contributed by atoms with Crippen LogP contribution in [0.4, 0.5) is 27.4 Å². The van der Waals surface area contributed by atoms with E-state index in [1.165, 1.54) is 11.1 Å². The molecule has 4 aliphatic heterocycles. The molecular formula is C82H104ClFN12O7Si2. The Labute approximate surface area is 625 Å². The number of aromatic nitrogens is 6. The zero-order chi connectivity index (χ0) is 72.8. The number of rotatable bonds is 24. The number of morpholine rings is 2. The summed E-state index contributed by atoms with van der Waals surface area (Å²) in [6, 6.07) is 38.6. The first-order chi connectivity index (χ1) is 49.9. The molecule has 105 heavy (non-hydrogen) atoms. The second-order valence-electron chi connectivity index (χ2n) is 32.5. The fourth-order valence-electron chi connectivity index (χ4n) is 16.2. The lowest BCUT2D eigenvalue weighted by Gasteiger charge is -2.33. The van der Waals surface area contributed by atoms with Crippen LogP contribution in [0.25, 0.3) is 44.5 Å². The van der Waals surface area contributed by atoms with Gasteiger partial charge in [-0.05, 0) is 208 Å². The summed E-state index contributed by atoms with van der Waals surface area (Å²) < 4.78 is 42.6. The number of amides is 3. The van der Waals surface area contributed by atoms with Gasteiger partial charge in [-0.25, -0.2) is 23.7 Å². The molecule has 8 heterocycles. The Morgan fingerprint density at radius 3 is 1.45 bits per heavy atom. The van der Waals surface area contributed by atoms with Crippen molar-refractivity contribution in [3.63, 3.8) is 0 Å². The minimum absolute atomic E-state index is 0. The van der Waals surface area contributed by atoms with Gasteiger partial charge in [-0.1, -0.05) is 99.9 Å². The maximum atomic E-state index is 15.1. The highest BCUT2D eigenvalue weighted by Gasteiger charge is 2.52. The molecule has 4 saturated heterocycles. The van der Waals surface area contributed by atoms with E-state index in [2.05, 4.69) is 127 Å². The summed E-state index contributed by atoms with van der Waals surface area (Å²) in [7, 11) is -2.32. The highest BCUT2D eigenvalue weighted by Crippen LogP contribution is 2.44. The number of carbonyl (C=O) groups excluding carboxylic acids is 3. The topological polar surface area (TPSA) is 218 Å². The van der Waals surface area contributed by atoms with Crippen LogP contribution in [0.1, 0.15) is 108 Å². The standard InChI is InChI=1S/C43H53FN6O4Si.C39H50N6O3Si.ClH/c1-27-39(28(2)50(48-27)26-53-19-20-55(3,4)5)30-11-13-33(14-12-30)46-41(51)40(47-42(52)43(44)16-17-43)36-8-6-7-29-9-10-31(21-37(29)36)32-15-18-45-38(22-32)49-24-35-23-34(49)25-54-35;1-25-37(26(2)45(43-25)24-47-17-18-49(3,4)5)28-11-13-31(14-12-28)42-39(46)38(40)34-8-6-7-27-9-10-29(19-35(27)34)30-15-16-41-36(20-30)44-22-33-21-32(44)23-48-33;/h9-15,18,21-22,34-36,40H,6-8,16-17,19-20,23-26H2,1-5H3,(H,46,51)(H,47,52);9-16,19-20,32-34,38H,6-8,17-18,21-24,40H2,1-5H3,(H,42,46);1H/t34-,35-,36-,40+;32-,33-,34-,38+;/m11./s1. The predicted molar refractivity (Wildman–Crippen MR) is 422 cm³/mol. The van der Waals surface area contributed by atoms with Crippen molar-refractivity contribution in [2.75, 3.05) is 60.0 Å². The molecule has 23 heteroatoms. The van der Waals surface area contributed by atoms with E-state index in [1.807, 2.05) is 97.1 Å². The monoisotopic (exact) mass is 1480 g/mol. The van der Waals surface area contributed by atoms with Crippen LogP contribution in [0.5, 0.6) is 0 Å². The summed E-state index contributed by atoms with van der Waals surface area (Å²) in [5.74, 6) is 0.334. The summed E-state index contributed by atoms with van der Waals surface area (Å²) in [4.78, 5) is 55.2. The van der Waals surface area contributed by atoms with Gasteiger partial charge in [0.15, 0.2) is 5.67 Å². The summed E-state index contributed by atoms with van der Waals surface area (Å²) in [5, 5.41) is 18.5. The van der Waals surface area contributed by atoms with Crippen LogP contribution in [0, 0.1) is 27.7 Å². The first-order valence-electron chi connectivity index (χ1n) is 37.7. The third-order valence-electron chi connectivity index (χ3n) is 22.4. The second-order valence-corrected chi connectivity index (χ2v) is 43.7. The molecule has 5 N–H and O–H groups in total. The SMILES string of the molecule is Cc1nn(COCC[Si](C)(C)C)c(C)c1-c1ccc(NC(=O)[C@@H](N)[C@@H]2CCCc3ccc(-c4ccnc(N5C[C@H]6C[C@@H]5CO6)c4)cc32)cc1.Cc1nn(COCC[Si](C)(C)C)c(C)c1-c1ccc(NC(=O)[C@@H](NC(=O)C2(F)CC2)[C@@H]2CCCc3ccc(-c4ccnc(N5C[C@H]6C[C@@H]5CO6)c4)cc32)cc1.Cl. The fraction of sp³-hybridized carbons (Fsp3) is 0.476. The molecular weight excluding hydrogens is 1380 g/mol. The van der Waals surface area contributed by atoms with Gasteiger partial charge in [-0.3, -0.25) is 14.4 Å². The molecule has 5 fully saturated rings. The van der Waals surface area contributed by atoms with Crippen molar-refractivity contribution in [2.24, 2.45) is 5.73 Å². The molecule has 3 amide bonds. The normalized spacial score (nSPS) is 21.0. The Kier molecular flexibility index (Phi) is 22.6. The number of hydrogen-bond donors (Lipinski definition) is 4. The number of aryl methyl sites for hydroxylation is 4. The molecule has 8 aromatic rings. The first kappa shape index (κ1) is 75.3. The largest absolute Gasteiger partial charge is 0.374 e. The van der Waals surface area contributed by atoms with E-state index in [1.54, 1.807) is 0 Å². The lowest BCUT2D eigenvalue weighted by atomic mass is 9.77. The summed E-state index contributed by atoms with van der Waals surface area (Å²) in [6.07, 6.45) is 12.1. The van der Waals surface area contributed by atoms with Gasteiger partial charge in [0.1, 0.15) is 31.1 Å². The molecule has 4 aromatic heterocycles. The van der Waals surface area contributed by atoms with E-state index in [0.29, 0.717) is 43.8 Å². The molecule has 8 atom stereocenters. The van der Waals surface area contributed by atoms with E-state index in [-0.39, 0.29) is 55.0 Å². The van der Waals surface area contributed by atoms with Crippen LogP contribution in [0.3, 0.4) is 0 Å². The van der Waals surface area contributed by atoms with Crippen molar-refractivity contribution >= 4 is 69.3 Å². The van der Waals surface area contributed by atoms with Gasteiger partial charge in [0.05, 0.1) is 54.9 Å². The Morgan fingerprint density at radius 1 is 0.590 bits per heavy atom. The number of ether oxygens (including phenoxy) is 4. The Morgan fingerprint density at radius 2 is 1.02 bits per heavy atom. The van der Waals surface area contributed by atoms with E-state index >= 15 is 4.39 Å².